The van der Waals surface area contributed by atoms with Crippen molar-refractivity contribution in [2.45, 2.75) is 19.4 Å². The van der Waals surface area contributed by atoms with Crippen molar-refractivity contribution in [3.05, 3.63) is 35.4 Å². The van der Waals surface area contributed by atoms with Gasteiger partial charge in [0.2, 0.25) is 0 Å². The van der Waals surface area contributed by atoms with Crippen LogP contribution in [0.1, 0.15) is 12.5 Å². The van der Waals surface area contributed by atoms with Gasteiger partial charge in [0, 0.05) is 18.7 Å². The largest absolute Gasteiger partial charge is 0.380 e. The first-order chi connectivity index (χ1) is 7.67. The summed E-state index contributed by atoms with van der Waals surface area (Å²) in [7, 11) is 0. The van der Waals surface area contributed by atoms with E-state index in [1.54, 1.807) is 0 Å². The van der Waals surface area contributed by atoms with Gasteiger partial charge in [0.25, 0.3) is 0 Å². The highest BCUT2D eigenvalue weighted by atomic mass is 19.1. The van der Waals surface area contributed by atoms with E-state index >= 15 is 0 Å². The minimum atomic E-state index is -0.580. The topological polar surface area (TPSA) is 47.3 Å². The maximum Gasteiger partial charge on any atom is 0.129 e. The predicted octanol–water partition coefficient (Wildman–Crippen LogP) is 1.38. The predicted molar refractivity (Wildman–Crippen MR) is 57.7 cm³/mol. The number of benzene rings is 1. The van der Waals surface area contributed by atoms with Crippen LogP contribution in [0, 0.1) is 11.6 Å². The molecule has 90 valence electrons. The molecular formula is C11H16F2N2O. The van der Waals surface area contributed by atoms with Gasteiger partial charge in [-0.2, -0.15) is 0 Å². The van der Waals surface area contributed by atoms with Crippen molar-refractivity contribution < 1.29 is 13.5 Å². The molecule has 0 bridgehead atoms. The van der Waals surface area contributed by atoms with Gasteiger partial charge in [0.15, 0.2) is 0 Å². The van der Waals surface area contributed by atoms with Crippen LogP contribution in [0.4, 0.5) is 8.78 Å². The van der Waals surface area contributed by atoms with Crippen molar-refractivity contribution in [2.24, 2.45) is 5.84 Å². The van der Waals surface area contributed by atoms with E-state index in [2.05, 4.69) is 5.43 Å². The molecule has 0 aliphatic rings. The van der Waals surface area contributed by atoms with Gasteiger partial charge >= 0.3 is 0 Å². The standard InChI is InChI=1S/C11H16F2N2O/c1-2-16-7-10(15-14)5-8-3-4-9(12)6-11(8)13/h3-4,6,10,15H,2,5,7,14H2,1H3. The molecule has 0 amide bonds. The van der Waals surface area contributed by atoms with E-state index in [9.17, 15) is 8.78 Å². The summed E-state index contributed by atoms with van der Waals surface area (Å²) in [6, 6.07) is 3.33. The Hall–Kier alpha value is -1.04. The third-order valence-corrected chi connectivity index (χ3v) is 2.24. The zero-order valence-electron chi connectivity index (χ0n) is 9.17. The molecule has 1 rings (SSSR count). The van der Waals surface area contributed by atoms with Gasteiger partial charge in [0.05, 0.1) is 6.61 Å². The fourth-order valence-corrected chi connectivity index (χ4v) is 1.38. The number of hydrazine groups is 1. The van der Waals surface area contributed by atoms with Crippen molar-refractivity contribution in [1.82, 2.24) is 5.43 Å². The molecule has 16 heavy (non-hydrogen) atoms. The molecule has 0 heterocycles. The average molecular weight is 230 g/mol. The van der Waals surface area contributed by atoms with E-state index < -0.39 is 11.6 Å². The van der Waals surface area contributed by atoms with Crippen molar-refractivity contribution in [2.75, 3.05) is 13.2 Å². The molecule has 1 aromatic rings. The second-order valence-corrected chi connectivity index (χ2v) is 3.46. The third kappa shape index (κ3) is 3.84. The Balaban J connectivity index is 2.62. The Morgan fingerprint density at radius 3 is 2.75 bits per heavy atom. The highest BCUT2D eigenvalue weighted by Gasteiger charge is 2.11. The maximum atomic E-state index is 13.3. The molecule has 3 N–H and O–H groups in total. The van der Waals surface area contributed by atoms with E-state index in [1.807, 2.05) is 6.92 Å². The van der Waals surface area contributed by atoms with Crippen LogP contribution in [0.15, 0.2) is 18.2 Å². The lowest BCUT2D eigenvalue weighted by atomic mass is 10.1. The van der Waals surface area contributed by atoms with E-state index in [0.29, 0.717) is 25.2 Å². The number of hydrogen-bond donors (Lipinski definition) is 2. The SMILES string of the molecule is CCOCC(Cc1ccc(F)cc1F)NN. The second-order valence-electron chi connectivity index (χ2n) is 3.46. The Kier molecular flexibility index (Phi) is 5.31. The van der Waals surface area contributed by atoms with Crippen molar-refractivity contribution in [3.63, 3.8) is 0 Å². The Morgan fingerprint density at radius 2 is 2.19 bits per heavy atom. The number of ether oxygens (including phenoxy) is 1. The fourth-order valence-electron chi connectivity index (χ4n) is 1.38. The van der Waals surface area contributed by atoms with E-state index in [1.165, 1.54) is 12.1 Å². The quantitative estimate of drug-likeness (QED) is 0.573. The first-order valence-electron chi connectivity index (χ1n) is 5.15. The number of hydrogen-bond acceptors (Lipinski definition) is 3. The van der Waals surface area contributed by atoms with Gasteiger partial charge < -0.3 is 4.74 Å². The molecule has 0 aliphatic heterocycles. The fraction of sp³-hybridized carbons (Fsp3) is 0.455. The molecule has 0 radical (unpaired) electrons. The molecule has 3 nitrogen and oxygen atoms in total. The molecular weight excluding hydrogens is 214 g/mol. The second kappa shape index (κ2) is 6.52. The summed E-state index contributed by atoms with van der Waals surface area (Å²) in [5, 5.41) is 0. The maximum absolute atomic E-state index is 13.3. The molecule has 0 saturated carbocycles. The van der Waals surface area contributed by atoms with Gasteiger partial charge in [-0.25, -0.2) is 8.78 Å². The van der Waals surface area contributed by atoms with Crippen LogP contribution in [0.3, 0.4) is 0 Å². The van der Waals surface area contributed by atoms with Crippen LogP contribution in [-0.2, 0) is 11.2 Å². The van der Waals surface area contributed by atoms with Crippen LogP contribution in [0.25, 0.3) is 0 Å². The molecule has 0 fully saturated rings. The molecule has 5 heteroatoms. The normalized spacial score (nSPS) is 12.8. The summed E-state index contributed by atoms with van der Waals surface area (Å²) >= 11 is 0. The minimum absolute atomic E-state index is 0.181. The number of halogens is 2. The minimum Gasteiger partial charge on any atom is -0.380 e. The van der Waals surface area contributed by atoms with Crippen LogP contribution < -0.4 is 11.3 Å². The summed E-state index contributed by atoms with van der Waals surface area (Å²) in [4.78, 5) is 0. The summed E-state index contributed by atoms with van der Waals surface area (Å²) < 4.78 is 31.2. The van der Waals surface area contributed by atoms with Gasteiger partial charge in [-0.3, -0.25) is 11.3 Å². The van der Waals surface area contributed by atoms with Crippen LogP contribution in [-0.4, -0.2) is 19.3 Å². The first-order valence-corrected chi connectivity index (χ1v) is 5.15. The van der Waals surface area contributed by atoms with Gasteiger partial charge in [-0.1, -0.05) is 6.07 Å². The molecule has 0 saturated heterocycles. The summed E-state index contributed by atoms with van der Waals surface area (Å²) in [6.07, 6.45) is 0.364. The third-order valence-electron chi connectivity index (χ3n) is 2.24. The lowest BCUT2D eigenvalue weighted by Crippen LogP contribution is -2.40. The van der Waals surface area contributed by atoms with Crippen LogP contribution >= 0.6 is 0 Å². The van der Waals surface area contributed by atoms with Crippen molar-refractivity contribution >= 4 is 0 Å². The zero-order chi connectivity index (χ0) is 12.0. The Bertz CT molecular complexity index is 334. The lowest BCUT2D eigenvalue weighted by molar-refractivity contribution is 0.122. The van der Waals surface area contributed by atoms with E-state index in [0.717, 1.165) is 6.07 Å². The summed E-state index contributed by atoms with van der Waals surface area (Å²) in [5.74, 6) is 4.18. The summed E-state index contributed by atoms with van der Waals surface area (Å²) in [6.45, 7) is 2.83. The number of nitrogens with two attached hydrogens (primary N) is 1. The molecule has 1 aromatic carbocycles. The number of nitrogens with one attached hydrogen (secondary N) is 1. The van der Waals surface area contributed by atoms with Crippen molar-refractivity contribution in [1.29, 1.82) is 0 Å². The molecule has 0 aliphatic carbocycles. The highest BCUT2D eigenvalue weighted by molar-refractivity contribution is 5.19. The van der Waals surface area contributed by atoms with Gasteiger partial charge in [0.1, 0.15) is 11.6 Å². The van der Waals surface area contributed by atoms with E-state index in [-0.39, 0.29) is 6.04 Å². The van der Waals surface area contributed by atoms with Gasteiger partial charge in [-0.15, -0.1) is 0 Å². The lowest BCUT2D eigenvalue weighted by Gasteiger charge is -2.15. The highest BCUT2D eigenvalue weighted by Crippen LogP contribution is 2.11. The molecule has 0 aromatic heterocycles. The molecule has 1 atom stereocenters. The van der Waals surface area contributed by atoms with E-state index in [4.69, 9.17) is 10.6 Å². The summed E-state index contributed by atoms with van der Waals surface area (Å²) in [5.41, 5.74) is 2.96. The Morgan fingerprint density at radius 1 is 1.44 bits per heavy atom. The van der Waals surface area contributed by atoms with Gasteiger partial charge in [-0.05, 0) is 25.0 Å². The first kappa shape index (κ1) is 13.0. The van der Waals surface area contributed by atoms with Crippen molar-refractivity contribution in [3.8, 4) is 0 Å². The molecule has 1 unspecified atom stereocenters. The van der Waals surface area contributed by atoms with Crippen LogP contribution in [0.2, 0.25) is 0 Å². The van der Waals surface area contributed by atoms with Crippen LogP contribution in [0.5, 0.6) is 0 Å². The average Bonchev–Trinajstić information content (AvgIpc) is 2.27. The zero-order valence-corrected chi connectivity index (χ0v) is 9.17. The molecule has 0 spiro atoms. The number of rotatable bonds is 6. The smallest absolute Gasteiger partial charge is 0.129 e. The monoisotopic (exact) mass is 230 g/mol. The Labute approximate surface area is 93.6 Å².